The molecule has 0 amide bonds. The number of fused-ring (bicyclic) bond motifs is 5. The van der Waals surface area contributed by atoms with Gasteiger partial charge in [-0.2, -0.15) is 0 Å². The van der Waals surface area contributed by atoms with E-state index in [1.165, 1.54) is 18.1 Å². The number of allylic oxidation sites excluding steroid dienone is 4. The van der Waals surface area contributed by atoms with Crippen molar-refractivity contribution >= 4 is 17.5 Å². The molecule has 2 N–H and O–H groups in total. The van der Waals surface area contributed by atoms with Gasteiger partial charge in [0.05, 0.1) is 6.10 Å². The number of aliphatic hydroxyl groups excluding tert-OH is 1. The predicted molar refractivity (Wildman–Crippen MR) is 105 cm³/mol. The molecule has 0 saturated heterocycles. The molecular formula is C23H30O6. The van der Waals surface area contributed by atoms with Gasteiger partial charge in [0.25, 0.3) is 0 Å². The van der Waals surface area contributed by atoms with Gasteiger partial charge in [-0.25, -0.2) is 0 Å². The van der Waals surface area contributed by atoms with Crippen molar-refractivity contribution in [3.63, 3.8) is 0 Å². The maximum Gasteiger partial charge on any atom is 0.303 e. The van der Waals surface area contributed by atoms with E-state index in [0.29, 0.717) is 19.3 Å². The molecule has 29 heavy (non-hydrogen) atoms. The van der Waals surface area contributed by atoms with Crippen LogP contribution in [-0.2, 0) is 19.1 Å². The molecule has 0 heterocycles. The Labute approximate surface area is 171 Å². The van der Waals surface area contributed by atoms with Crippen molar-refractivity contribution in [1.82, 2.24) is 0 Å². The van der Waals surface area contributed by atoms with E-state index in [4.69, 9.17) is 4.74 Å². The summed E-state index contributed by atoms with van der Waals surface area (Å²) in [5.74, 6) is -0.908. The van der Waals surface area contributed by atoms with E-state index in [1.807, 2.05) is 13.0 Å². The summed E-state index contributed by atoms with van der Waals surface area (Å²) < 4.78 is 4.84. The Hall–Kier alpha value is -1.79. The Morgan fingerprint density at radius 3 is 2.69 bits per heavy atom. The van der Waals surface area contributed by atoms with Crippen LogP contribution >= 0.6 is 0 Å². The normalized spacial score (nSPS) is 43.5. The minimum atomic E-state index is -1.94. The molecule has 158 valence electrons. The molecule has 6 heteroatoms. The van der Waals surface area contributed by atoms with Crippen molar-refractivity contribution in [2.45, 2.75) is 71.0 Å². The van der Waals surface area contributed by atoms with Crippen LogP contribution in [0.2, 0.25) is 0 Å². The van der Waals surface area contributed by atoms with Crippen molar-refractivity contribution in [1.29, 1.82) is 0 Å². The SMILES string of the molecule is CC(=O)OCC(=O)C1(O)C(O)CC2C3CCC4=CC(=O)CCC4(C)C3=CCC21C. The van der Waals surface area contributed by atoms with Crippen LogP contribution < -0.4 is 0 Å². The summed E-state index contributed by atoms with van der Waals surface area (Å²) >= 11 is 0. The number of carbonyl (C=O) groups is 3. The molecule has 4 rings (SSSR count). The maximum absolute atomic E-state index is 12.9. The van der Waals surface area contributed by atoms with E-state index >= 15 is 0 Å². The lowest BCUT2D eigenvalue weighted by Crippen LogP contribution is -2.59. The molecular weight excluding hydrogens is 372 g/mol. The molecule has 2 saturated carbocycles. The molecule has 0 radical (unpaired) electrons. The number of hydrogen-bond acceptors (Lipinski definition) is 6. The first-order valence-corrected chi connectivity index (χ1v) is 10.6. The summed E-state index contributed by atoms with van der Waals surface area (Å²) in [6.07, 6.45) is 6.60. The Morgan fingerprint density at radius 1 is 1.28 bits per heavy atom. The Balaban J connectivity index is 1.70. The number of aliphatic hydroxyl groups is 2. The molecule has 0 spiro atoms. The van der Waals surface area contributed by atoms with Gasteiger partial charge in [-0.1, -0.05) is 31.1 Å². The zero-order chi connectivity index (χ0) is 21.2. The number of esters is 1. The minimum Gasteiger partial charge on any atom is -0.458 e. The zero-order valence-electron chi connectivity index (χ0n) is 17.4. The van der Waals surface area contributed by atoms with E-state index in [2.05, 4.69) is 13.0 Å². The fourth-order valence-corrected chi connectivity index (χ4v) is 6.66. The van der Waals surface area contributed by atoms with Crippen LogP contribution in [0.4, 0.5) is 0 Å². The average Bonchev–Trinajstić information content (AvgIpc) is 2.88. The molecule has 0 aliphatic heterocycles. The van der Waals surface area contributed by atoms with E-state index in [9.17, 15) is 24.6 Å². The second-order valence-electron chi connectivity index (χ2n) is 9.72. The summed E-state index contributed by atoms with van der Waals surface area (Å²) in [6, 6.07) is 0. The van der Waals surface area contributed by atoms with Gasteiger partial charge >= 0.3 is 5.97 Å². The summed E-state index contributed by atoms with van der Waals surface area (Å²) in [5, 5.41) is 22.3. The molecule has 0 aromatic heterocycles. The summed E-state index contributed by atoms with van der Waals surface area (Å²) in [5.41, 5.74) is -0.409. The molecule has 0 aromatic rings. The smallest absolute Gasteiger partial charge is 0.303 e. The Kier molecular flexibility index (Phi) is 4.67. The molecule has 0 aromatic carbocycles. The highest BCUT2D eigenvalue weighted by Crippen LogP contribution is 2.65. The summed E-state index contributed by atoms with van der Waals surface area (Å²) in [6.45, 7) is 4.77. The van der Waals surface area contributed by atoms with Crippen LogP contribution in [0.1, 0.15) is 59.3 Å². The highest BCUT2D eigenvalue weighted by Gasteiger charge is 2.68. The topological polar surface area (TPSA) is 101 Å². The fourth-order valence-electron chi connectivity index (χ4n) is 6.66. The lowest BCUT2D eigenvalue weighted by atomic mass is 9.50. The van der Waals surface area contributed by atoms with Gasteiger partial charge < -0.3 is 14.9 Å². The number of Topliss-reactive ketones (excluding diaryl/α,β-unsaturated/α-hetero) is 1. The minimum absolute atomic E-state index is 0.0419. The van der Waals surface area contributed by atoms with Gasteiger partial charge in [-0.3, -0.25) is 14.4 Å². The van der Waals surface area contributed by atoms with E-state index in [-0.39, 0.29) is 23.0 Å². The van der Waals surface area contributed by atoms with Gasteiger partial charge in [-0.05, 0) is 50.0 Å². The Morgan fingerprint density at radius 2 is 2.00 bits per heavy atom. The van der Waals surface area contributed by atoms with Crippen LogP contribution in [0.25, 0.3) is 0 Å². The highest BCUT2D eigenvalue weighted by molar-refractivity contribution is 5.92. The molecule has 4 aliphatic carbocycles. The number of ether oxygens (including phenoxy) is 1. The number of carbonyl (C=O) groups excluding carboxylic acids is 3. The van der Waals surface area contributed by atoms with Crippen molar-refractivity contribution in [3.8, 4) is 0 Å². The van der Waals surface area contributed by atoms with Crippen LogP contribution in [0.15, 0.2) is 23.3 Å². The second kappa shape index (κ2) is 6.61. The third kappa shape index (κ3) is 2.72. The van der Waals surface area contributed by atoms with Crippen molar-refractivity contribution in [2.24, 2.45) is 22.7 Å². The van der Waals surface area contributed by atoms with Crippen LogP contribution in [0, 0.1) is 22.7 Å². The van der Waals surface area contributed by atoms with E-state index in [1.54, 1.807) is 0 Å². The molecule has 2 fully saturated rings. The summed E-state index contributed by atoms with van der Waals surface area (Å²) in [4.78, 5) is 35.9. The molecule has 4 aliphatic rings. The van der Waals surface area contributed by atoms with Crippen molar-refractivity contribution < 1.29 is 29.3 Å². The van der Waals surface area contributed by atoms with Crippen molar-refractivity contribution in [3.05, 3.63) is 23.3 Å². The van der Waals surface area contributed by atoms with Crippen LogP contribution in [-0.4, -0.2) is 46.1 Å². The first kappa shape index (κ1) is 20.5. The fraction of sp³-hybridized carbons (Fsp3) is 0.696. The molecule has 6 atom stereocenters. The number of ketones is 2. The number of rotatable bonds is 3. The quantitative estimate of drug-likeness (QED) is 0.555. The largest absolute Gasteiger partial charge is 0.458 e. The van der Waals surface area contributed by atoms with Gasteiger partial charge in [0.15, 0.2) is 18.0 Å². The summed E-state index contributed by atoms with van der Waals surface area (Å²) in [7, 11) is 0. The standard InChI is InChI=1S/C23H30O6/c1-13(24)29-12-20(27)23(28)19(26)11-18-16-5-4-14-10-15(25)6-8-21(14,2)17(16)7-9-22(18,23)3/h7,10,16,18-19,26,28H,4-6,8-9,11-12H2,1-3H3. The third-order valence-corrected chi connectivity index (χ3v) is 8.39. The van der Waals surface area contributed by atoms with Gasteiger partial charge in [0.2, 0.25) is 5.78 Å². The monoisotopic (exact) mass is 402 g/mol. The van der Waals surface area contributed by atoms with Gasteiger partial charge in [-0.15, -0.1) is 0 Å². The predicted octanol–water partition coefficient (Wildman–Crippen LogP) is 2.27. The lowest BCUT2D eigenvalue weighted by Gasteiger charge is -2.54. The third-order valence-electron chi connectivity index (χ3n) is 8.39. The van der Waals surface area contributed by atoms with Gasteiger partial charge in [0.1, 0.15) is 0 Å². The number of hydrogen-bond donors (Lipinski definition) is 2. The molecule has 0 bridgehead atoms. The average molecular weight is 402 g/mol. The Bertz CT molecular complexity index is 840. The molecule has 6 nitrogen and oxygen atoms in total. The first-order valence-electron chi connectivity index (χ1n) is 10.6. The van der Waals surface area contributed by atoms with Crippen LogP contribution in [0.5, 0.6) is 0 Å². The maximum atomic E-state index is 12.9. The first-order chi connectivity index (χ1) is 13.5. The van der Waals surface area contributed by atoms with Gasteiger partial charge in [0, 0.05) is 24.2 Å². The zero-order valence-corrected chi connectivity index (χ0v) is 17.4. The second-order valence-corrected chi connectivity index (χ2v) is 9.72. The highest BCUT2D eigenvalue weighted by atomic mass is 16.5. The van der Waals surface area contributed by atoms with E-state index < -0.39 is 35.5 Å². The lowest BCUT2D eigenvalue weighted by molar-refractivity contribution is -0.174. The van der Waals surface area contributed by atoms with E-state index in [0.717, 1.165) is 19.3 Å². The van der Waals surface area contributed by atoms with Crippen molar-refractivity contribution in [2.75, 3.05) is 6.61 Å². The van der Waals surface area contributed by atoms with Crippen LogP contribution in [0.3, 0.4) is 0 Å². The molecule has 6 unspecified atom stereocenters.